The predicted molar refractivity (Wildman–Crippen MR) is 99.8 cm³/mol. The maximum Gasteiger partial charge on any atom is 0.258 e. The van der Waals surface area contributed by atoms with E-state index >= 15 is 0 Å². The number of para-hydroxylation sites is 1. The average Bonchev–Trinajstić information content (AvgIpc) is 2.95. The maximum absolute atomic E-state index is 12.1. The summed E-state index contributed by atoms with van der Waals surface area (Å²) in [6, 6.07) is 9.17. The van der Waals surface area contributed by atoms with Crippen LogP contribution < -0.4 is 10.4 Å². The Morgan fingerprint density at radius 1 is 0.960 bits per heavy atom. The average molecular weight is 352 g/mol. The Balaban J connectivity index is 0.000000609. The summed E-state index contributed by atoms with van der Waals surface area (Å²) >= 11 is 0. The van der Waals surface area contributed by atoms with Gasteiger partial charge < -0.3 is 10.2 Å². The molecule has 0 saturated carbocycles. The van der Waals surface area contributed by atoms with Gasteiger partial charge in [-0.1, -0.05) is 64.7 Å². The van der Waals surface area contributed by atoms with Crippen molar-refractivity contribution in [3.8, 4) is 0 Å². The van der Waals surface area contributed by atoms with E-state index in [0.717, 1.165) is 12.8 Å². The van der Waals surface area contributed by atoms with Crippen LogP contribution in [0, 0.1) is 5.92 Å². The van der Waals surface area contributed by atoms with E-state index in [-0.39, 0.29) is 25.0 Å². The predicted octanol–water partition coefficient (Wildman–Crippen LogP) is 2.65. The molecule has 2 rings (SSSR count). The second kappa shape index (κ2) is 14.4. The van der Waals surface area contributed by atoms with Crippen LogP contribution in [0.3, 0.4) is 0 Å². The van der Waals surface area contributed by atoms with E-state index in [4.69, 9.17) is 10.2 Å². The van der Waals surface area contributed by atoms with Gasteiger partial charge in [0.2, 0.25) is 0 Å². The van der Waals surface area contributed by atoms with Gasteiger partial charge in [0, 0.05) is 0 Å². The summed E-state index contributed by atoms with van der Waals surface area (Å²) in [6.45, 7) is 6.16. The summed E-state index contributed by atoms with van der Waals surface area (Å²) < 4.78 is 0. The van der Waals surface area contributed by atoms with E-state index in [1.54, 1.807) is 12.1 Å². The first-order valence-corrected chi connectivity index (χ1v) is 8.98. The Bertz CT molecular complexity index is 472. The van der Waals surface area contributed by atoms with E-state index < -0.39 is 5.92 Å². The van der Waals surface area contributed by atoms with Gasteiger partial charge in [0.15, 0.2) is 0 Å². The molecule has 6 heteroatoms. The molecule has 142 valence electrons. The molecule has 0 aromatic heterocycles. The Morgan fingerprint density at radius 3 is 1.96 bits per heavy atom. The lowest BCUT2D eigenvalue weighted by molar-refractivity contribution is -0.127. The molecule has 1 fully saturated rings. The lowest BCUT2D eigenvalue weighted by Gasteiger charge is -2.14. The number of carbonyl (C=O) groups is 2. The van der Waals surface area contributed by atoms with Gasteiger partial charge >= 0.3 is 0 Å². The van der Waals surface area contributed by atoms with Crippen molar-refractivity contribution in [2.45, 2.75) is 52.9 Å². The number of hydrazine groups is 1. The lowest BCUT2D eigenvalue weighted by atomic mass is 10.0. The van der Waals surface area contributed by atoms with Crippen LogP contribution in [0.4, 0.5) is 5.69 Å². The van der Waals surface area contributed by atoms with Crippen molar-refractivity contribution < 1.29 is 19.8 Å². The van der Waals surface area contributed by atoms with Gasteiger partial charge in [-0.2, -0.15) is 0 Å². The fourth-order valence-corrected chi connectivity index (χ4v) is 1.94. The Kier molecular flexibility index (Phi) is 13.3. The van der Waals surface area contributed by atoms with Crippen LogP contribution in [-0.4, -0.2) is 35.2 Å². The smallest absolute Gasteiger partial charge is 0.258 e. The van der Waals surface area contributed by atoms with Crippen molar-refractivity contribution >= 4 is 17.5 Å². The molecule has 1 heterocycles. The van der Waals surface area contributed by atoms with Crippen molar-refractivity contribution in [3.05, 3.63) is 30.3 Å². The Hall–Kier alpha value is -1.92. The summed E-state index contributed by atoms with van der Waals surface area (Å²) in [4.78, 5) is 23.8. The molecule has 1 saturated heterocycles. The molecule has 1 aromatic carbocycles. The monoisotopic (exact) mass is 352 g/mol. The topological polar surface area (TPSA) is 89.9 Å². The number of hydrogen-bond donors (Lipinski definition) is 3. The normalized spacial score (nSPS) is 15.7. The summed E-state index contributed by atoms with van der Waals surface area (Å²) in [7, 11) is 0. The summed E-state index contributed by atoms with van der Waals surface area (Å²) in [5.41, 5.74) is 3.34. The first-order valence-electron chi connectivity index (χ1n) is 8.98. The number of benzene rings is 1. The van der Waals surface area contributed by atoms with E-state index in [1.165, 1.54) is 17.9 Å². The minimum Gasteiger partial charge on any atom is -0.394 e. The fourth-order valence-electron chi connectivity index (χ4n) is 1.94. The number of aliphatic hydroxyl groups excluding tert-OH is 2. The lowest BCUT2D eigenvalue weighted by Crippen LogP contribution is -2.35. The van der Waals surface area contributed by atoms with Crippen molar-refractivity contribution in [2.24, 2.45) is 5.92 Å². The minimum atomic E-state index is -0.518. The zero-order valence-corrected chi connectivity index (χ0v) is 15.6. The van der Waals surface area contributed by atoms with Crippen LogP contribution in [0.5, 0.6) is 0 Å². The van der Waals surface area contributed by atoms with Crippen molar-refractivity contribution in [3.63, 3.8) is 0 Å². The molecule has 0 spiro atoms. The summed E-state index contributed by atoms with van der Waals surface area (Å²) in [6.07, 6.45) is 5.15. The SMILES string of the molecule is CCCC.CCCCC1C(=O)NN(c2ccccc2)C1=O.OCCO. The molecule has 25 heavy (non-hydrogen) atoms. The van der Waals surface area contributed by atoms with Gasteiger partial charge in [-0.05, 0) is 18.6 Å². The highest BCUT2D eigenvalue weighted by Crippen LogP contribution is 2.22. The molecule has 1 aliphatic rings. The maximum atomic E-state index is 12.1. The molecule has 3 N–H and O–H groups in total. The summed E-state index contributed by atoms with van der Waals surface area (Å²) in [5.74, 6) is -0.850. The van der Waals surface area contributed by atoms with Gasteiger partial charge in [-0.3, -0.25) is 15.0 Å². The van der Waals surface area contributed by atoms with Gasteiger partial charge in [-0.25, -0.2) is 5.01 Å². The molecule has 2 amide bonds. The molecule has 0 aliphatic carbocycles. The molecule has 1 aromatic rings. The number of rotatable bonds is 6. The Morgan fingerprint density at radius 2 is 1.52 bits per heavy atom. The van der Waals surface area contributed by atoms with Crippen LogP contribution >= 0.6 is 0 Å². The highest BCUT2D eigenvalue weighted by atomic mass is 16.3. The molecule has 1 unspecified atom stereocenters. The third kappa shape index (κ3) is 8.65. The van der Waals surface area contributed by atoms with Crippen LogP contribution in [0.15, 0.2) is 30.3 Å². The first kappa shape index (κ1) is 23.1. The van der Waals surface area contributed by atoms with Gasteiger partial charge in [0.1, 0.15) is 5.92 Å². The molecular formula is C19H32N2O4. The van der Waals surface area contributed by atoms with Crippen LogP contribution in [0.2, 0.25) is 0 Å². The van der Waals surface area contributed by atoms with Crippen molar-refractivity contribution in [1.82, 2.24) is 5.43 Å². The molecule has 0 bridgehead atoms. The van der Waals surface area contributed by atoms with Gasteiger partial charge in [0.25, 0.3) is 11.8 Å². The quantitative estimate of drug-likeness (QED) is 0.687. The van der Waals surface area contributed by atoms with Gasteiger partial charge in [0.05, 0.1) is 18.9 Å². The van der Waals surface area contributed by atoms with E-state index in [9.17, 15) is 9.59 Å². The molecule has 1 atom stereocenters. The number of nitrogens with zero attached hydrogens (tertiary/aromatic N) is 1. The van der Waals surface area contributed by atoms with Crippen LogP contribution in [0.25, 0.3) is 0 Å². The minimum absolute atomic E-state index is 0.125. The number of aliphatic hydroxyl groups is 2. The number of hydrogen-bond acceptors (Lipinski definition) is 4. The number of carbonyl (C=O) groups excluding carboxylic acids is 2. The van der Waals surface area contributed by atoms with Crippen LogP contribution in [-0.2, 0) is 9.59 Å². The van der Waals surface area contributed by atoms with E-state index in [2.05, 4.69) is 19.3 Å². The molecular weight excluding hydrogens is 320 g/mol. The molecule has 0 radical (unpaired) electrons. The number of anilines is 1. The number of nitrogens with one attached hydrogen (secondary N) is 1. The zero-order chi connectivity index (χ0) is 19.1. The van der Waals surface area contributed by atoms with Gasteiger partial charge in [-0.15, -0.1) is 0 Å². The number of unbranched alkanes of at least 4 members (excludes halogenated alkanes) is 2. The fraction of sp³-hybridized carbons (Fsp3) is 0.579. The largest absolute Gasteiger partial charge is 0.394 e. The van der Waals surface area contributed by atoms with E-state index in [0.29, 0.717) is 12.1 Å². The molecule has 1 aliphatic heterocycles. The highest BCUT2D eigenvalue weighted by molar-refractivity contribution is 6.14. The molecule has 6 nitrogen and oxygen atoms in total. The summed E-state index contributed by atoms with van der Waals surface area (Å²) in [5, 5.41) is 16.6. The zero-order valence-electron chi connectivity index (χ0n) is 15.6. The second-order valence-corrected chi connectivity index (χ2v) is 5.63. The van der Waals surface area contributed by atoms with E-state index in [1.807, 2.05) is 25.1 Å². The third-order valence-electron chi connectivity index (χ3n) is 3.52. The third-order valence-corrected chi connectivity index (χ3v) is 3.52. The highest BCUT2D eigenvalue weighted by Gasteiger charge is 2.39. The first-order chi connectivity index (χ1) is 12.1. The number of amides is 2. The second-order valence-electron chi connectivity index (χ2n) is 5.63. The standard InChI is InChI=1S/C13H16N2O2.C4H10.C2H6O2/c1-2-3-9-11-12(16)14-15(13(11)17)10-7-5-4-6-8-10;1-3-4-2;3-1-2-4/h4-8,11H,2-3,9H2,1H3,(H,14,16);3-4H2,1-2H3;3-4H,1-2H2. The van der Waals surface area contributed by atoms with Crippen LogP contribution in [0.1, 0.15) is 52.9 Å². The Labute approximate surface area is 150 Å². The van der Waals surface area contributed by atoms with Crippen molar-refractivity contribution in [1.29, 1.82) is 0 Å². The van der Waals surface area contributed by atoms with Crippen molar-refractivity contribution in [2.75, 3.05) is 18.2 Å².